The van der Waals surface area contributed by atoms with E-state index in [0.29, 0.717) is 34.8 Å². The van der Waals surface area contributed by atoms with Gasteiger partial charge < -0.3 is 21.5 Å². The molecule has 1 saturated carbocycles. The molecule has 1 aliphatic carbocycles. The number of amidine groups is 2. The van der Waals surface area contributed by atoms with Gasteiger partial charge in [-0.1, -0.05) is 38.0 Å². The van der Waals surface area contributed by atoms with Crippen LogP contribution in [0.2, 0.25) is 0 Å². The van der Waals surface area contributed by atoms with Crippen LogP contribution in [0.5, 0.6) is 11.5 Å². The first-order valence-corrected chi connectivity index (χ1v) is 10.4. The van der Waals surface area contributed by atoms with Crippen LogP contribution in [0.3, 0.4) is 0 Å². The van der Waals surface area contributed by atoms with E-state index in [2.05, 4.69) is 17.2 Å². The van der Waals surface area contributed by atoms with Crippen molar-refractivity contribution < 1.29 is 4.74 Å². The lowest BCUT2D eigenvalue weighted by atomic mass is 9.87. The third-order valence-corrected chi connectivity index (χ3v) is 5.42. The fourth-order valence-electron chi connectivity index (χ4n) is 3.88. The van der Waals surface area contributed by atoms with Crippen molar-refractivity contribution in [1.29, 1.82) is 5.41 Å². The molecular formula is C24H31N5O. The van der Waals surface area contributed by atoms with Gasteiger partial charge in [-0.2, -0.15) is 0 Å². The summed E-state index contributed by atoms with van der Waals surface area (Å²) in [4.78, 5) is 4.37. The molecule has 3 rings (SSSR count). The van der Waals surface area contributed by atoms with Crippen LogP contribution in [0, 0.1) is 11.3 Å². The van der Waals surface area contributed by atoms with Gasteiger partial charge in [-0.15, -0.1) is 0 Å². The van der Waals surface area contributed by atoms with Gasteiger partial charge in [-0.25, -0.2) is 0 Å². The van der Waals surface area contributed by atoms with E-state index in [4.69, 9.17) is 21.6 Å². The molecule has 0 aliphatic heterocycles. The van der Waals surface area contributed by atoms with Crippen LogP contribution >= 0.6 is 0 Å². The SMILES string of the molecule is CN=C(NC1CCCC(C)C1)C(C(=N)N)=C(N)c1ccc(Oc2ccccc2)cc1. The number of para-hydroxylation sites is 1. The largest absolute Gasteiger partial charge is 0.457 e. The van der Waals surface area contributed by atoms with Crippen LogP contribution in [0.15, 0.2) is 65.2 Å². The Morgan fingerprint density at radius 1 is 1.03 bits per heavy atom. The Balaban J connectivity index is 1.81. The molecule has 2 atom stereocenters. The maximum atomic E-state index is 8.11. The molecule has 0 heterocycles. The molecule has 6 N–H and O–H groups in total. The summed E-state index contributed by atoms with van der Waals surface area (Å²) < 4.78 is 5.84. The molecule has 6 heteroatoms. The first-order valence-electron chi connectivity index (χ1n) is 10.4. The molecule has 0 spiro atoms. The smallest absolute Gasteiger partial charge is 0.134 e. The molecule has 2 aromatic carbocycles. The number of hydrogen-bond donors (Lipinski definition) is 4. The molecule has 0 aromatic heterocycles. The van der Waals surface area contributed by atoms with E-state index in [0.717, 1.165) is 24.2 Å². The molecule has 1 aliphatic rings. The molecule has 2 unspecified atom stereocenters. The topological polar surface area (TPSA) is 110 Å². The zero-order chi connectivity index (χ0) is 21.5. The number of nitrogens with two attached hydrogens (primary N) is 2. The normalized spacial score (nSPS) is 20.3. The van der Waals surface area contributed by atoms with Gasteiger partial charge in [0.2, 0.25) is 0 Å². The van der Waals surface area contributed by atoms with Crippen molar-refractivity contribution in [3.8, 4) is 11.5 Å². The average molecular weight is 406 g/mol. The summed E-state index contributed by atoms with van der Waals surface area (Å²) in [5.74, 6) is 2.62. The summed E-state index contributed by atoms with van der Waals surface area (Å²) in [5.41, 5.74) is 14.0. The highest BCUT2D eigenvalue weighted by molar-refractivity contribution is 6.25. The minimum atomic E-state index is -0.103. The maximum absolute atomic E-state index is 8.11. The Morgan fingerprint density at radius 2 is 1.70 bits per heavy atom. The highest BCUT2D eigenvalue weighted by Gasteiger charge is 2.23. The van der Waals surface area contributed by atoms with Crippen molar-refractivity contribution in [2.24, 2.45) is 22.4 Å². The fourth-order valence-corrected chi connectivity index (χ4v) is 3.88. The quantitative estimate of drug-likeness (QED) is 0.425. The summed E-state index contributed by atoms with van der Waals surface area (Å²) >= 11 is 0. The molecule has 0 amide bonds. The summed E-state index contributed by atoms with van der Waals surface area (Å²) in [6, 6.07) is 17.4. The Bertz CT molecular complexity index is 918. The highest BCUT2D eigenvalue weighted by Crippen LogP contribution is 2.26. The van der Waals surface area contributed by atoms with Gasteiger partial charge >= 0.3 is 0 Å². The minimum absolute atomic E-state index is 0.103. The maximum Gasteiger partial charge on any atom is 0.134 e. The van der Waals surface area contributed by atoms with Crippen LogP contribution in [0.1, 0.15) is 38.2 Å². The molecule has 1 fully saturated rings. The Labute approximate surface area is 178 Å². The molecule has 6 nitrogen and oxygen atoms in total. The lowest BCUT2D eigenvalue weighted by Gasteiger charge is -2.29. The average Bonchev–Trinajstić information content (AvgIpc) is 2.74. The molecule has 0 saturated heterocycles. The first-order chi connectivity index (χ1) is 14.5. The van der Waals surface area contributed by atoms with Crippen molar-refractivity contribution >= 4 is 17.4 Å². The number of hydrogen-bond acceptors (Lipinski definition) is 4. The number of rotatable bonds is 6. The Hall–Kier alpha value is -3.28. The van der Waals surface area contributed by atoms with Gasteiger partial charge in [-0.05, 0) is 60.7 Å². The third kappa shape index (κ3) is 5.41. The number of nitrogens with zero attached hydrogens (tertiary/aromatic N) is 1. The van der Waals surface area contributed by atoms with E-state index < -0.39 is 0 Å². The zero-order valence-electron chi connectivity index (χ0n) is 17.7. The van der Waals surface area contributed by atoms with Crippen LogP contribution in [0.4, 0.5) is 0 Å². The number of ether oxygens (including phenoxy) is 1. The van der Waals surface area contributed by atoms with Crippen molar-refractivity contribution in [2.45, 2.75) is 38.6 Å². The highest BCUT2D eigenvalue weighted by atomic mass is 16.5. The molecule has 158 valence electrons. The molecule has 0 bridgehead atoms. The van der Waals surface area contributed by atoms with Gasteiger partial charge in [0.05, 0.1) is 11.3 Å². The van der Waals surface area contributed by atoms with Gasteiger partial charge in [0.25, 0.3) is 0 Å². The summed E-state index contributed by atoms with van der Waals surface area (Å²) in [6.07, 6.45) is 4.61. The van der Waals surface area contributed by atoms with Gasteiger partial charge in [0.15, 0.2) is 0 Å². The van der Waals surface area contributed by atoms with Crippen molar-refractivity contribution in [3.63, 3.8) is 0 Å². The summed E-state index contributed by atoms with van der Waals surface area (Å²) in [5, 5.41) is 11.6. The van der Waals surface area contributed by atoms with Crippen molar-refractivity contribution in [2.75, 3.05) is 7.05 Å². The van der Waals surface area contributed by atoms with Crippen molar-refractivity contribution in [3.05, 3.63) is 65.7 Å². The van der Waals surface area contributed by atoms with Gasteiger partial charge in [-0.3, -0.25) is 10.4 Å². The lowest BCUT2D eigenvalue weighted by molar-refractivity contribution is 0.326. The monoisotopic (exact) mass is 405 g/mol. The number of nitrogens with one attached hydrogen (secondary N) is 2. The summed E-state index contributed by atoms with van der Waals surface area (Å²) in [6.45, 7) is 2.27. The molecule has 30 heavy (non-hydrogen) atoms. The second kappa shape index (κ2) is 9.96. The predicted molar refractivity (Wildman–Crippen MR) is 124 cm³/mol. The minimum Gasteiger partial charge on any atom is -0.457 e. The molecular weight excluding hydrogens is 374 g/mol. The first kappa shape index (κ1) is 21.4. The second-order valence-corrected chi connectivity index (χ2v) is 7.83. The zero-order valence-corrected chi connectivity index (χ0v) is 17.7. The Kier molecular flexibility index (Phi) is 7.12. The number of aliphatic imine (C=N–C) groups is 1. The van der Waals surface area contributed by atoms with E-state index in [9.17, 15) is 0 Å². The Morgan fingerprint density at radius 3 is 2.30 bits per heavy atom. The van der Waals surface area contributed by atoms with E-state index in [1.54, 1.807) is 7.05 Å². The molecule has 2 aromatic rings. The van der Waals surface area contributed by atoms with E-state index in [1.165, 1.54) is 12.8 Å². The van der Waals surface area contributed by atoms with Crippen LogP contribution in [-0.2, 0) is 0 Å². The summed E-state index contributed by atoms with van der Waals surface area (Å²) in [7, 11) is 1.70. The van der Waals surface area contributed by atoms with Crippen LogP contribution in [0.25, 0.3) is 5.70 Å². The van der Waals surface area contributed by atoms with Crippen molar-refractivity contribution in [1.82, 2.24) is 5.32 Å². The number of benzene rings is 2. The van der Waals surface area contributed by atoms with Crippen LogP contribution in [-0.4, -0.2) is 24.8 Å². The third-order valence-electron chi connectivity index (χ3n) is 5.42. The van der Waals surface area contributed by atoms with Gasteiger partial charge in [0, 0.05) is 13.1 Å². The molecule has 0 radical (unpaired) electrons. The lowest BCUT2D eigenvalue weighted by Crippen LogP contribution is -2.42. The fraction of sp³-hybridized carbons (Fsp3) is 0.333. The van der Waals surface area contributed by atoms with E-state index in [1.807, 2.05) is 54.6 Å². The predicted octanol–water partition coefficient (Wildman–Crippen LogP) is 4.28. The van der Waals surface area contributed by atoms with Gasteiger partial charge in [0.1, 0.15) is 23.2 Å². The van der Waals surface area contributed by atoms with E-state index in [-0.39, 0.29) is 5.84 Å². The second-order valence-electron chi connectivity index (χ2n) is 7.83. The van der Waals surface area contributed by atoms with E-state index >= 15 is 0 Å². The van der Waals surface area contributed by atoms with Crippen LogP contribution < -0.4 is 21.5 Å². The standard InChI is InChI=1S/C24H31N5O/c1-16-7-6-8-18(15-16)29-24(28-2)21(23(26)27)22(25)17-11-13-20(14-12-17)30-19-9-4-3-5-10-19/h3-5,9-14,16,18H,6-8,15,25H2,1-2H3,(H3,26,27)(H,28,29).